The molecule has 0 aliphatic rings. The van der Waals surface area contributed by atoms with Crippen molar-refractivity contribution in [1.29, 1.82) is 0 Å². The molecule has 2 N–H and O–H groups in total. The Balaban J connectivity index is 1.87. The number of nitrogens with zero attached hydrogens (tertiary/aromatic N) is 1. The van der Waals surface area contributed by atoms with Crippen LogP contribution in [-0.2, 0) is 0 Å². The number of amides is 1. The van der Waals surface area contributed by atoms with Gasteiger partial charge in [0.15, 0.2) is 6.29 Å². The molecule has 0 aliphatic carbocycles. The molecule has 3 aromatic carbocycles. The number of hydrogen-bond acceptors (Lipinski definition) is 2. The van der Waals surface area contributed by atoms with Crippen molar-refractivity contribution in [2.75, 3.05) is 0 Å². The third kappa shape index (κ3) is 3.98. The predicted molar refractivity (Wildman–Crippen MR) is 103 cm³/mol. The van der Waals surface area contributed by atoms with Crippen LogP contribution in [0.2, 0.25) is 0 Å². The number of aryl methyl sites for hydroxylation is 1. The average Bonchev–Trinajstić information content (AvgIpc) is 2.68. The highest BCUT2D eigenvalue weighted by Crippen LogP contribution is 2.24. The van der Waals surface area contributed by atoms with Gasteiger partial charge in [-0.15, -0.1) is 0 Å². The maximum atomic E-state index is 13.7. The summed E-state index contributed by atoms with van der Waals surface area (Å²) in [5.74, 6) is -1.34. The maximum absolute atomic E-state index is 13.7. The standard InChI is InChI=1S/C22H17FN2O2/c1-14-11-17(9-10-19(14)15-5-3-2-4-6-15)22(27)25-21(24)16-7-8-18(13-26)20(23)12-16/h2-13H,1H3,(H2,24,25,27). The van der Waals surface area contributed by atoms with Gasteiger partial charge in [-0.1, -0.05) is 42.5 Å². The average molecular weight is 360 g/mol. The van der Waals surface area contributed by atoms with Crippen molar-refractivity contribution < 1.29 is 14.0 Å². The number of carbonyl (C=O) groups excluding carboxylic acids is 2. The van der Waals surface area contributed by atoms with Crippen molar-refractivity contribution in [3.05, 3.63) is 94.8 Å². The van der Waals surface area contributed by atoms with Crippen molar-refractivity contribution in [3.63, 3.8) is 0 Å². The molecule has 0 aromatic heterocycles. The first-order valence-electron chi connectivity index (χ1n) is 8.29. The number of aldehydes is 1. The molecule has 0 fully saturated rings. The second-order valence-corrected chi connectivity index (χ2v) is 6.05. The summed E-state index contributed by atoms with van der Waals surface area (Å²) in [6.07, 6.45) is 0.411. The van der Waals surface area contributed by atoms with E-state index in [2.05, 4.69) is 4.99 Å². The Labute approximate surface area is 156 Å². The van der Waals surface area contributed by atoms with Crippen LogP contribution in [0.25, 0.3) is 11.1 Å². The van der Waals surface area contributed by atoms with E-state index in [4.69, 9.17) is 5.73 Å². The molecular formula is C22H17FN2O2. The van der Waals surface area contributed by atoms with E-state index in [1.54, 1.807) is 12.1 Å². The lowest BCUT2D eigenvalue weighted by Crippen LogP contribution is -2.16. The summed E-state index contributed by atoms with van der Waals surface area (Å²) >= 11 is 0. The summed E-state index contributed by atoms with van der Waals surface area (Å²) in [5, 5.41) is 0. The first-order chi connectivity index (χ1) is 13.0. The highest BCUT2D eigenvalue weighted by Gasteiger charge is 2.11. The SMILES string of the molecule is Cc1cc(C(=O)N=C(N)c2ccc(C=O)c(F)c2)ccc1-c1ccccc1. The molecule has 0 aliphatic heterocycles. The van der Waals surface area contributed by atoms with Crippen LogP contribution < -0.4 is 5.73 Å². The number of hydrogen-bond donors (Lipinski definition) is 1. The number of nitrogens with two attached hydrogens (primary N) is 1. The van der Waals surface area contributed by atoms with Crippen LogP contribution in [0, 0.1) is 12.7 Å². The van der Waals surface area contributed by atoms with E-state index in [0.29, 0.717) is 11.8 Å². The van der Waals surface area contributed by atoms with Crippen LogP contribution in [0.5, 0.6) is 0 Å². The smallest absolute Gasteiger partial charge is 0.278 e. The van der Waals surface area contributed by atoms with Gasteiger partial charge in [-0.25, -0.2) is 4.39 Å². The largest absolute Gasteiger partial charge is 0.383 e. The van der Waals surface area contributed by atoms with Crippen molar-refractivity contribution in [1.82, 2.24) is 0 Å². The van der Waals surface area contributed by atoms with Gasteiger partial charge >= 0.3 is 0 Å². The monoisotopic (exact) mass is 360 g/mol. The maximum Gasteiger partial charge on any atom is 0.278 e. The van der Waals surface area contributed by atoms with E-state index in [-0.39, 0.29) is 17.0 Å². The number of carbonyl (C=O) groups is 2. The van der Waals surface area contributed by atoms with Crippen molar-refractivity contribution in [3.8, 4) is 11.1 Å². The molecule has 4 nitrogen and oxygen atoms in total. The van der Waals surface area contributed by atoms with Crippen molar-refractivity contribution >= 4 is 18.0 Å². The van der Waals surface area contributed by atoms with E-state index < -0.39 is 11.7 Å². The predicted octanol–water partition coefficient (Wildman–Crippen LogP) is 4.16. The van der Waals surface area contributed by atoms with Crippen LogP contribution in [0.4, 0.5) is 4.39 Å². The van der Waals surface area contributed by atoms with Crippen LogP contribution >= 0.6 is 0 Å². The lowest BCUT2D eigenvalue weighted by molar-refractivity contribution is 0.100. The molecule has 5 heteroatoms. The molecule has 1 amide bonds. The van der Waals surface area contributed by atoms with Crippen LogP contribution in [0.15, 0.2) is 71.7 Å². The molecule has 27 heavy (non-hydrogen) atoms. The van der Waals surface area contributed by atoms with Gasteiger partial charge in [0.05, 0.1) is 5.56 Å². The molecular weight excluding hydrogens is 343 g/mol. The van der Waals surface area contributed by atoms with E-state index in [0.717, 1.165) is 22.8 Å². The normalized spacial score (nSPS) is 11.3. The molecule has 134 valence electrons. The van der Waals surface area contributed by atoms with Crippen molar-refractivity contribution in [2.45, 2.75) is 6.92 Å². The van der Waals surface area contributed by atoms with Gasteiger partial charge in [0.2, 0.25) is 0 Å². The van der Waals surface area contributed by atoms with Gasteiger partial charge in [0.1, 0.15) is 11.7 Å². The minimum Gasteiger partial charge on any atom is -0.383 e. The fourth-order valence-electron chi connectivity index (χ4n) is 2.76. The Morgan fingerprint density at radius 3 is 2.33 bits per heavy atom. The fourth-order valence-corrected chi connectivity index (χ4v) is 2.76. The Morgan fingerprint density at radius 1 is 1.00 bits per heavy atom. The summed E-state index contributed by atoms with van der Waals surface area (Å²) < 4.78 is 13.7. The highest BCUT2D eigenvalue weighted by atomic mass is 19.1. The zero-order valence-electron chi connectivity index (χ0n) is 14.6. The number of halogens is 1. The Kier molecular flexibility index (Phi) is 5.22. The number of benzene rings is 3. The first kappa shape index (κ1) is 18.2. The lowest BCUT2D eigenvalue weighted by atomic mass is 9.98. The zero-order valence-corrected chi connectivity index (χ0v) is 14.6. The van der Waals surface area contributed by atoms with E-state index in [1.165, 1.54) is 12.1 Å². The molecule has 0 saturated heterocycles. The molecule has 3 rings (SSSR count). The molecule has 0 atom stereocenters. The topological polar surface area (TPSA) is 72.5 Å². The molecule has 0 spiro atoms. The molecule has 0 unspecified atom stereocenters. The van der Waals surface area contributed by atoms with Gasteiger partial charge in [-0.3, -0.25) is 9.59 Å². The zero-order chi connectivity index (χ0) is 19.4. The van der Waals surface area contributed by atoms with Gasteiger partial charge < -0.3 is 5.73 Å². The lowest BCUT2D eigenvalue weighted by Gasteiger charge is -2.08. The minimum atomic E-state index is -0.712. The first-order valence-corrected chi connectivity index (χ1v) is 8.29. The number of rotatable bonds is 4. The third-order valence-corrected chi connectivity index (χ3v) is 4.20. The molecule has 3 aromatic rings. The van der Waals surface area contributed by atoms with Crippen molar-refractivity contribution in [2.24, 2.45) is 10.7 Å². The second-order valence-electron chi connectivity index (χ2n) is 6.05. The summed E-state index contributed by atoms with van der Waals surface area (Å²) in [7, 11) is 0. The summed E-state index contributed by atoms with van der Waals surface area (Å²) in [4.78, 5) is 27.0. The third-order valence-electron chi connectivity index (χ3n) is 4.20. The highest BCUT2D eigenvalue weighted by molar-refractivity contribution is 6.09. The van der Waals surface area contributed by atoms with Gasteiger partial charge in [-0.2, -0.15) is 4.99 Å². The number of aliphatic imine (C=N–C) groups is 1. The van der Waals surface area contributed by atoms with Crippen LogP contribution in [-0.4, -0.2) is 18.0 Å². The molecule has 0 saturated carbocycles. The fraction of sp³-hybridized carbons (Fsp3) is 0.0455. The summed E-state index contributed by atoms with van der Waals surface area (Å²) in [5.41, 5.74) is 9.39. The Hall–Kier alpha value is -3.60. The number of amidine groups is 1. The van der Waals surface area contributed by atoms with Crippen LogP contribution in [0.1, 0.15) is 31.8 Å². The minimum absolute atomic E-state index is 0.0787. The molecule has 0 heterocycles. The molecule has 0 bridgehead atoms. The Morgan fingerprint density at radius 2 is 1.70 bits per heavy atom. The summed E-state index contributed by atoms with van der Waals surface area (Å²) in [6.45, 7) is 1.92. The van der Waals surface area contributed by atoms with Crippen LogP contribution in [0.3, 0.4) is 0 Å². The van der Waals surface area contributed by atoms with Gasteiger partial charge in [0.25, 0.3) is 5.91 Å². The summed E-state index contributed by atoms with van der Waals surface area (Å²) in [6, 6.07) is 19.0. The van der Waals surface area contributed by atoms with Gasteiger partial charge in [-0.05, 0) is 47.9 Å². The van der Waals surface area contributed by atoms with E-state index in [9.17, 15) is 14.0 Å². The van der Waals surface area contributed by atoms with E-state index in [1.807, 2.05) is 43.3 Å². The van der Waals surface area contributed by atoms with Gasteiger partial charge in [0, 0.05) is 11.1 Å². The second kappa shape index (κ2) is 7.74. The van der Waals surface area contributed by atoms with E-state index >= 15 is 0 Å². The molecule has 0 radical (unpaired) electrons. The quantitative estimate of drug-likeness (QED) is 0.431. The Bertz CT molecular complexity index is 1040.